The van der Waals surface area contributed by atoms with Gasteiger partial charge in [-0.2, -0.15) is 0 Å². The molecule has 0 bridgehead atoms. The first-order valence-corrected chi connectivity index (χ1v) is 9.60. The van der Waals surface area contributed by atoms with Crippen molar-refractivity contribution in [3.05, 3.63) is 95.6 Å². The molecule has 2 aromatic carbocycles. The molecule has 0 fully saturated rings. The van der Waals surface area contributed by atoms with Crippen LogP contribution < -0.4 is 0 Å². The van der Waals surface area contributed by atoms with Gasteiger partial charge >= 0.3 is 0 Å². The highest BCUT2D eigenvalue weighted by atomic mass is 14.7. The van der Waals surface area contributed by atoms with E-state index in [-0.39, 0.29) is 0 Å². The van der Waals surface area contributed by atoms with Gasteiger partial charge in [0.05, 0.1) is 11.4 Å². The van der Waals surface area contributed by atoms with Gasteiger partial charge in [0.1, 0.15) is 0 Å². The van der Waals surface area contributed by atoms with Crippen molar-refractivity contribution in [3.8, 4) is 22.5 Å². The third kappa shape index (κ3) is 4.62. The van der Waals surface area contributed by atoms with Gasteiger partial charge in [-0.05, 0) is 62.6 Å². The molecule has 1 nitrogen and oxygen atoms in total. The van der Waals surface area contributed by atoms with E-state index in [2.05, 4.69) is 101 Å². The molecule has 0 amide bonds. The van der Waals surface area contributed by atoms with Crippen LogP contribution >= 0.6 is 0 Å². The molecule has 0 aliphatic heterocycles. The van der Waals surface area contributed by atoms with E-state index in [0.29, 0.717) is 0 Å². The quantitative estimate of drug-likeness (QED) is 0.435. The largest absolute Gasteiger partial charge is 0.248 e. The molecular weight excluding hydrogens is 326 g/mol. The zero-order valence-corrected chi connectivity index (χ0v) is 16.7. The average Bonchev–Trinajstić information content (AvgIpc) is 2.67. The van der Waals surface area contributed by atoms with Crippen molar-refractivity contribution in [1.82, 2.24) is 4.98 Å². The van der Waals surface area contributed by atoms with Crippen molar-refractivity contribution in [2.24, 2.45) is 0 Å². The van der Waals surface area contributed by atoms with Crippen LogP contribution in [0.5, 0.6) is 0 Å². The van der Waals surface area contributed by atoms with Crippen LogP contribution in [0.4, 0.5) is 0 Å². The third-order valence-electron chi connectivity index (χ3n) is 4.52. The lowest BCUT2D eigenvalue weighted by Gasteiger charge is -2.12. The molecule has 1 heteroatoms. The van der Waals surface area contributed by atoms with E-state index < -0.39 is 0 Å². The molecule has 136 valence electrons. The molecule has 0 N–H and O–H groups in total. The molecule has 0 radical (unpaired) electrons. The first-order valence-electron chi connectivity index (χ1n) is 9.60. The predicted octanol–water partition coefficient (Wildman–Crippen LogP) is 7.40. The average molecular weight is 354 g/mol. The zero-order valence-electron chi connectivity index (χ0n) is 16.7. The van der Waals surface area contributed by atoms with Crippen LogP contribution in [0.2, 0.25) is 0 Å². The maximum atomic E-state index is 5.01. The SMILES string of the molecule is C/C=C\C(=C/CC)c1cc(-c2ccccc2)nc(-c2cc(C)cc(C)c2)c1. The van der Waals surface area contributed by atoms with Crippen LogP contribution in [0.3, 0.4) is 0 Å². The van der Waals surface area contributed by atoms with Gasteiger partial charge in [0.15, 0.2) is 0 Å². The fourth-order valence-electron chi connectivity index (χ4n) is 3.41. The second-order valence-corrected chi connectivity index (χ2v) is 6.94. The molecule has 27 heavy (non-hydrogen) atoms. The summed E-state index contributed by atoms with van der Waals surface area (Å²) in [6.07, 6.45) is 7.55. The summed E-state index contributed by atoms with van der Waals surface area (Å²) < 4.78 is 0. The molecule has 3 aromatic rings. The summed E-state index contributed by atoms with van der Waals surface area (Å²) in [5, 5.41) is 0. The smallest absolute Gasteiger partial charge is 0.0715 e. The predicted molar refractivity (Wildman–Crippen MR) is 118 cm³/mol. The Morgan fingerprint density at radius 2 is 1.48 bits per heavy atom. The second kappa shape index (κ2) is 8.64. The minimum atomic E-state index is 1.00. The van der Waals surface area contributed by atoms with E-state index >= 15 is 0 Å². The van der Waals surface area contributed by atoms with Crippen molar-refractivity contribution < 1.29 is 0 Å². The lowest BCUT2D eigenvalue weighted by atomic mass is 9.97. The maximum Gasteiger partial charge on any atom is 0.0715 e. The number of nitrogens with zero attached hydrogens (tertiary/aromatic N) is 1. The van der Waals surface area contributed by atoms with Crippen molar-refractivity contribution >= 4 is 5.57 Å². The Labute approximate surface area is 163 Å². The molecule has 0 aliphatic rings. The van der Waals surface area contributed by atoms with Crippen molar-refractivity contribution in [2.75, 3.05) is 0 Å². The minimum absolute atomic E-state index is 1.00. The van der Waals surface area contributed by atoms with Gasteiger partial charge in [-0.25, -0.2) is 4.98 Å². The van der Waals surface area contributed by atoms with Crippen LogP contribution in [0, 0.1) is 13.8 Å². The molecule has 0 saturated heterocycles. The summed E-state index contributed by atoms with van der Waals surface area (Å²) >= 11 is 0. The second-order valence-electron chi connectivity index (χ2n) is 6.94. The topological polar surface area (TPSA) is 12.9 Å². The third-order valence-corrected chi connectivity index (χ3v) is 4.52. The highest BCUT2D eigenvalue weighted by Crippen LogP contribution is 2.29. The Bertz CT molecular complexity index is 958. The van der Waals surface area contributed by atoms with Crippen LogP contribution in [-0.2, 0) is 0 Å². The minimum Gasteiger partial charge on any atom is -0.248 e. The van der Waals surface area contributed by atoms with E-state index in [1.807, 2.05) is 6.07 Å². The lowest BCUT2D eigenvalue weighted by molar-refractivity contribution is 1.22. The molecule has 1 aromatic heterocycles. The zero-order chi connectivity index (χ0) is 19.2. The molecule has 0 aliphatic carbocycles. The van der Waals surface area contributed by atoms with Crippen molar-refractivity contribution in [3.63, 3.8) is 0 Å². The van der Waals surface area contributed by atoms with E-state index in [0.717, 1.165) is 23.4 Å². The summed E-state index contributed by atoms with van der Waals surface area (Å²) in [4.78, 5) is 5.01. The Morgan fingerprint density at radius 3 is 2.07 bits per heavy atom. The van der Waals surface area contributed by atoms with Gasteiger partial charge in [0.2, 0.25) is 0 Å². The van der Waals surface area contributed by atoms with E-state index in [1.54, 1.807) is 0 Å². The normalized spacial score (nSPS) is 11.9. The number of benzene rings is 2. The molecular formula is C26H27N. The van der Waals surface area contributed by atoms with Gasteiger partial charge < -0.3 is 0 Å². The first-order chi connectivity index (χ1) is 13.1. The van der Waals surface area contributed by atoms with Gasteiger partial charge in [-0.15, -0.1) is 0 Å². The van der Waals surface area contributed by atoms with Crippen molar-refractivity contribution in [2.45, 2.75) is 34.1 Å². The number of hydrogen-bond acceptors (Lipinski definition) is 1. The van der Waals surface area contributed by atoms with Gasteiger partial charge in [-0.1, -0.05) is 72.7 Å². The Kier molecular flexibility index (Phi) is 6.03. The molecule has 3 rings (SSSR count). The van der Waals surface area contributed by atoms with Gasteiger partial charge in [0.25, 0.3) is 0 Å². The monoisotopic (exact) mass is 353 g/mol. The number of hydrogen-bond donors (Lipinski definition) is 0. The highest BCUT2D eigenvalue weighted by Gasteiger charge is 2.10. The van der Waals surface area contributed by atoms with Crippen LogP contribution in [0.1, 0.15) is 37.0 Å². The highest BCUT2D eigenvalue weighted by molar-refractivity contribution is 5.80. The summed E-state index contributed by atoms with van der Waals surface area (Å²) in [6, 6.07) is 21.5. The fraction of sp³-hybridized carbons (Fsp3) is 0.192. The van der Waals surface area contributed by atoms with Gasteiger partial charge in [0, 0.05) is 11.1 Å². The lowest BCUT2D eigenvalue weighted by Crippen LogP contribution is -1.94. The molecule has 1 heterocycles. The fourth-order valence-corrected chi connectivity index (χ4v) is 3.41. The number of allylic oxidation sites excluding steroid dienone is 4. The van der Waals surface area contributed by atoms with E-state index in [9.17, 15) is 0 Å². The van der Waals surface area contributed by atoms with Crippen LogP contribution in [0.25, 0.3) is 28.1 Å². The van der Waals surface area contributed by atoms with Gasteiger partial charge in [-0.3, -0.25) is 0 Å². The molecule has 0 saturated carbocycles. The number of pyridine rings is 1. The number of rotatable bonds is 5. The summed E-state index contributed by atoms with van der Waals surface area (Å²) in [5.74, 6) is 0. The Hall–Kier alpha value is -2.93. The standard InChI is InChI=1S/C26H27N/c1-5-10-21(11-6-2)23-17-25(22-12-8-7-9-13-22)27-26(18-23)24-15-19(3)14-20(4)16-24/h5,7-18H,6H2,1-4H3/b10-5-,21-11+. The van der Waals surface area contributed by atoms with E-state index in [1.165, 1.54) is 27.8 Å². The van der Waals surface area contributed by atoms with E-state index in [4.69, 9.17) is 4.98 Å². The van der Waals surface area contributed by atoms with Crippen LogP contribution in [0.15, 0.2) is 78.9 Å². The number of aryl methyl sites for hydroxylation is 2. The molecule has 0 atom stereocenters. The molecule has 0 spiro atoms. The summed E-state index contributed by atoms with van der Waals surface area (Å²) in [6.45, 7) is 8.52. The summed E-state index contributed by atoms with van der Waals surface area (Å²) in [7, 11) is 0. The van der Waals surface area contributed by atoms with Crippen molar-refractivity contribution in [1.29, 1.82) is 0 Å². The number of aromatic nitrogens is 1. The Balaban J connectivity index is 2.24. The molecule has 0 unspecified atom stereocenters. The first kappa shape index (κ1) is 18.8. The summed E-state index contributed by atoms with van der Waals surface area (Å²) in [5.41, 5.74) is 9.30. The maximum absolute atomic E-state index is 5.01. The van der Waals surface area contributed by atoms with Crippen LogP contribution in [-0.4, -0.2) is 4.98 Å². The Morgan fingerprint density at radius 1 is 0.852 bits per heavy atom.